The van der Waals surface area contributed by atoms with E-state index >= 15 is 0 Å². The molecule has 2 unspecified atom stereocenters. The maximum atomic E-state index is 12.9. The van der Waals surface area contributed by atoms with Crippen molar-refractivity contribution >= 4 is 35.6 Å². The SMILES string of the molecule is CNC(=O)c1c(-c2ccc(C)cc2)oc2nc(CN(CCCP(C)(=O)O)S(=O)O)c(C3CC3)cc12. The second-order valence-electron chi connectivity index (χ2n) is 9.12. The van der Waals surface area contributed by atoms with E-state index in [-0.39, 0.29) is 36.8 Å². The van der Waals surface area contributed by atoms with Crippen molar-refractivity contribution < 1.29 is 27.4 Å². The molecule has 0 bridgehead atoms. The van der Waals surface area contributed by atoms with E-state index in [4.69, 9.17) is 9.40 Å². The summed E-state index contributed by atoms with van der Waals surface area (Å²) in [6, 6.07) is 9.60. The van der Waals surface area contributed by atoms with Gasteiger partial charge in [0.1, 0.15) is 5.76 Å². The van der Waals surface area contributed by atoms with E-state index in [1.54, 1.807) is 7.05 Å². The minimum Gasteiger partial charge on any atom is -0.437 e. The van der Waals surface area contributed by atoms with Gasteiger partial charge in [0.25, 0.3) is 5.91 Å². The van der Waals surface area contributed by atoms with Gasteiger partial charge in [0.2, 0.25) is 17.0 Å². The number of aromatic nitrogens is 1. The first-order valence-corrected chi connectivity index (χ1v) is 14.8. The molecule has 4 rings (SSSR count). The number of fused-ring (bicyclic) bond motifs is 1. The molecule has 0 spiro atoms. The first-order valence-electron chi connectivity index (χ1n) is 11.5. The van der Waals surface area contributed by atoms with E-state index in [0.29, 0.717) is 28.8 Å². The lowest BCUT2D eigenvalue weighted by molar-refractivity contribution is 0.0964. The zero-order valence-electron chi connectivity index (χ0n) is 20.0. The lowest BCUT2D eigenvalue weighted by Crippen LogP contribution is -2.28. The maximum Gasteiger partial charge on any atom is 0.255 e. The fourth-order valence-corrected chi connectivity index (χ4v) is 5.37. The van der Waals surface area contributed by atoms with Gasteiger partial charge in [-0.05, 0) is 43.7 Å². The number of benzene rings is 1. The van der Waals surface area contributed by atoms with Crippen LogP contribution in [-0.2, 0) is 22.4 Å². The van der Waals surface area contributed by atoms with Gasteiger partial charge in [-0.2, -0.15) is 4.31 Å². The summed E-state index contributed by atoms with van der Waals surface area (Å²) in [5.41, 5.74) is 4.08. The van der Waals surface area contributed by atoms with Crippen molar-refractivity contribution in [1.82, 2.24) is 14.6 Å². The third-order valence-electron chi connectivity index (χ3n) is 6.11. The van der Waals surface area contributed by atoms with Crippen molar-refractivity contribution in [2.75, 3.05) is 26.4 Å². The minimum atomic E-state index is -3.21. The summed E-state index contributed by atoms with van der Waals surface area (Å²) < 4.78 is 40.9. The fraction of sp³-hybridized carbons (Fsp3) is 0.417. The normalized spacial score (nSPS) is 16.4. The Bertz CT molecular complexity index is 1310. The molecule has 1 amide bonds. The van der Waals surface area contributed by atoms with Crippen LogP contribution in [0.25, 0.3) is 22.4 Å². The van der Waals surface area contributed by atoms with Crippen LogP contribution < -0.4 is 5.32 Å². The van der Waals surface area contributed by atoms with Crippen LogP contribution in [0.1, 0.15) is 52.4 Å². The maximum absolute atomic E-state index is 12.9. The molecule has 1 fully saturated rings. The average Bonchev–Trinajstić information content (AvgIpc) is 3.57. The Hall–Kier alpha value is -2.36. The largest absolute Gasteiger partial charge is 0.437 e. The molecular weight excluding hydrogens is 489 g/mol. The van der Waals surface area contributed by atoms with Crippen LogP contribution in [0, 0.1) is 6.92 Å². The fourth-order valence-electron chi connectivity index (χ4n) is 4.13. The van der Waals surface area contributed by atoms with E-state index in [0.717, 1.165) is 29.5 Å². The van der Waals surface area contributed by atoms with Gasteiger partial charge in [-0.3, -0.25) is 13.9 Å². The molecule has 35 heavy (non-hydrogen) atoms. The smallest absolute Gasteiger partial charge is 0.255 e. The number of pyridine rings is 1. The molecule has 2 atom stereocenters. The van der Waals surface area contributed by atoms with Gasteiger partial charge in [-0.15, -0.1) is 0 Å². The van der Waals surface area contributed by atoms with E-state index in [2.05, 4.69) is 5.32 Å². The molecule has 11 heteroatoms. The van der Waals surface area contributed by atoms with E-state index in [1.807, 2.05) is 37.3 Å². The van der Waals surface area contributed by atoms with Crippen LogP contribution in [0.4, 0.5) is 0 Å². The predicted molar refractivity (Wildman–Crippen MR) is 136 cm³/mol. The summed E-state index contributed by atoms with van der Waals surface area (Å²) in [5, 5.41) is 3.30. The quantitative estimate of drug-likeness (QED) is 0.269. The molecular formula is C24H30N3O6PS. The summed E-state index contributed by atoms with van der Waals surface area (Å²) in [4.78, 5) is 27.1. The minimum absolute atomic E-state index is 0.0657. The van der Waals surface area contributed by atoms with Gasteiger partial charge in [-0.1, -0.05) is 29.8 Å². The first-order chi connectivity index (χ1) is 16.6. The number of carbonyl (C=O) groups is 1. The molecule has 9 nitrogen and oxygen atoms in total. The zero-order valence-corrected chi connectivity index (χ0v) is 21.7. The average molecular weight is 520 g/mol. The summed E-state index contributed by atoms with van der Waals surface area (Å²) in [7, 11) is -1.64. The van der Waals surface area contributed by atoms with Crippen LogP contribution in [-0.4, -0.2) is 55.3 Å². The van der Waals surface area contributed by atoms with Crippen molar-refractivity contribution in [1.29, 1.82) is 0 Å². The third kappa shape index (κ3) is 6.08. The molecule has 0 aliphatic heterocycles. The Morgan fingerprint density at radius 1 is 1.31 bits per heavy atom. The zero-order chi connectivity index (χ0) is 25.3. The Kier molecular flexibility index (Phi) is 7.59. The molecule has 0 radical (unpaired) electrons. The van der Waals surface area contributed by atoms with Crippen molar-refractivity contribution in [3.05, 3.63) is 52.7 Å². The number of amides is 1. The molecule has 0 saturated heterocycles. The Morgan fingerprint density at radius 2 is 2.00 bits per heavy atom. The second-order valence-corrected chi connectivity index (χ2v) is 12.7. The Balaban J connectivity index is 1.76. The molecule has 1 aliphatic carbocycles. The molecule has 1 saturated carbocycles. The van der Waals surface area contributed by atoms with E-state index < -0.39 is 18.6 Å². The lowest BCUT2D eigenvalue weighted by atomic mass is 10.0. The molecule has 3 N–H and O–H groups in total. The van der Waals surface area contributed by atoms with E-state index in [1.165, 1.54) is 11.0 Å². The van der Waals surface area contributed by atoms with Gasteiger partial charge in [0.05, 0.1) is 23.2 Å². The van der Waals surface area contributed by atoms with E-state index in [9.17, 15) is 23.0 Å². The van der Waals surface area contributed by atoms with Crippen molar-refractivity contribution in [2.24, 2.45) is 0 Å². The monoisotopic (exact) mass is 519 g/mol. The van der Waals surface area contributed by atoms with Gasteiger partial charge in [-0.25, -0.2) is 9.19 Å². The highest BCUT2D eigenvalue weighted by Crippen LogP contribution is 2.44. The molecule has 1 aliphatic rings. The number of hydrogen-bond donors (Lipinski definition) is 3. The lowest BCUT2D eigenvalue weighted by Gasteiger charge is -2.19. The van der Waals surface area contributed by atoms with Crippen LogP contribution in [0.2, 0.25) is 0 Å². The number of aryl methyl sites for hydroxylation is 1. The van der Waals surface area contributed by atoms with Crippen molar-refractivity contribution in [3.8, 4) is 11.3 Å². The number of nitrogens with zero attached hydrogens (tertiary/aromatic N) is 2. The highest BCUT2D eigenvalue weighted by atomic mass is 32.2. The molecule has 188 valence electrons. The predicted octanol–water partition coefficient (Wildman–Crippen LogP) is 4.27. The molecule has 1 aromatic carbocycles. The highest BCUT2D eigenvalue weighted by molar-refractivity contribution is 7.76. The molecule has 2 heterocycles. The first kappa shape index (κ1) is 25.7. The topological polar surface area (TPSA) is 133 Å². The highest BCUT2D eigenvalue weighted by Gasteiger charge is 2.31. The van der Waals surface area contributed by atoms with Crippen molar-refractivity contribution in [3.63, 3.8) is 0 Å². The molecule has 3 aromatic rings. The van der Waals surface area contributed by atoms with Gasteiger partial charge in [0, 0.05) is 32.0 Å². The molecule has 2 aromatic heterocycles. The summed E-state index contributed by atoms with van der Waals surface area (Å²) in [5.74, 6) is 0.413. The van der Waals surface area contributed by atoms with Gasteiger partial charge in [0.15, 0.2) is 7.37 Å². The van der Waals surface area contributed by atoms with Gasteiger partial charge >= 0.3 is 0 Å². The number of hydrogen-bond acceptors (Lipinski definition) is 5. The van der Waals surface area contributed by atoms with Crippen LogP contribution in [0.3, 0.4) is 0 Å². The van der Waals surface area contributed by atoms with Crippen LogP contribution >= 0.6 is 7.37 Å². The summed E-state index contributed by atoms with van der Waals surface area (Å²) in [6.45, 7) is 3.51. The van der Waals surface area contributed by atoms with Crippen LogP contribution in [0.15, 0.2) is 34.7 Å². The number of furan rings is 1. The summed E-state index contributed by atoms with van der Waals surface area (Å²) >= 11 is -2.28. The number of rotatable bonds is 10. The van der Waals surface area contributed by atoms with Crippen LogP contribution in [0.5, 0.6) is 0 Å². The number of nitrogens with one attached hydrogen (secondary N) is 1. The summed E-state index contributed by atoms with van der Waals surface area (Å²) in [6.07, 6.45) is 2.32. The third-order valence-corrected chi connectivity index (χ3v) is 8.01. The van der Waals surface area contributed by atoms with Crippen molar-refractivity contribution in [2.45, 2.75) is 38.6 Å². The second kappa shape index (κ2) is 10.3. The standard InChI is InChI=1S/C24H30N3O6PS/c1-15-5-7-17(8-6-15)22-21(23(28)25-2)19-13-18(16-9-10-16)20(26-24(19)33-22)14-27(35(31)32)11-4-12-34(3,29)30/h5-8,13,16H,4,9-12,14H2,1-3H3,(H,25,28)(H,29,30)(H,31,32). The Labute approximate surface area is 206 Å². The van der Waals surface area contributed by atoms with Gasteiger partial charge < -0.3 is 14.6 Å². The Morgan fingerprint density at radius 3 is 2.57 bits per heavy atom. The number of carbonyl (C=O) groups excluding carboxylic acids is 1.